The molecule has 1 N–H and O–H groups in total. The highest BCUT2D eigenvalue weighted by molar-refractivity contribution is 5.99. The van der Waals surface area contributed by atoms with Gasteiger partial charge in [0.25, 0.3) is 0 Å². The van der Waals surface area contributed by atoms with Crippen molar-refractivity contribution in [3.8, 4) is 0 Å². The molecule has 1 fully saturated rings. The molecule has 1 saturated heterocycles. The molecule has 23 heavy (non-hydrogen) atoms. The fourth-order valence-corrected chi connectivity index (χ4v) is 3.87. The molecule has 0 aromatic heterocycles. The minimum absolute atomic E-state index is 0.00678. The van der Waals surface area contributed by atoms with Crippen LogP contribution in [0.4, 0.5) is 0 Å². The highest BCUT2D eigenvalue weighted by atomic mass is 16.4. The van der Waals surface area contributed by atoms with Crippen LogP contribution in [0.5, 0.6) is 0 Å². The average molecular weight is 315 g/mol. The van der Waals surface area contributed by atoms with Gasteiger partial charge in [-0.2, -0.15) is 0 Å². The van der Waals surface area contributed by atoms with Crippen molar-refractivity contribution >= 4 is 11.8 Å². The first-order chi connectivity index (χ1) is 11.1. The van der Waals surface area contributed by atoms with E-state index in [-0.39, 0.29) is 12.2 Å². The predicted octanol–water partition coefficient (Wildman–Crippen LogP) is 2.93. The van der Waals surface area contributed by atoms with Crippen molar-refractivity contribution in [2.75, 3.05) is 19.6 Å². The van der Waals surface area contributed by atoms with Gasteiger partial charge in [-0.05, 0) is 62.4 Å². The number of benzene rings is 1. The third-order valence-corrected chi connectivity index (χ3v) is 5.10. The van der Waals surface area contributed by atoms with Crippen LogP contribution >= 0.6 is 0 Å². The molecule has 0 amide bonds. The summed E-state index contributed by atoms with van der Waals surface area (Å²) in [5.41, 5.74) is 3.30. The van der Waals surface area contributed by atoms with Gasteiger partial charge in [-0.25, -0.2) is 0 Å². The molecular formula is C19H25NO3. The van der Waals surface area contributed by atoms with Crippen LogP contribution in [0, 0.1) is 5.92 Å². The second-order valence-corrected chi connectivity index (χ2v) is 6.86. The summed E-state index contributed by atoms with van der Waals surface area (Å²) in [4.78, 5) is 26.3. The third-order valence-electron chi connectivity index (χ3n) is 5.10. The SMILES string of the molecule is O=C(O)CC(CN1CCCCC1)C(=O)c1ccc2c(c1)CCC2. The number of hydrogen-bond donors (Lipinski definition) is 1. The molecule has 4 nitrogen and oxygen atoms in total. The first kappa shape index (κ1) is 16.2. The van der Waals surface area contributed by atoms with Gasteiger partial charge in [0, 0.05) is 18.0 Å². The van der Waals surface area contributed by atoms with Crippen molar-refractivity contribution in [3.63, 3.8) is 0 Å². The molecular weight excluding hydrogens is 290 g/mol. The molecule has 1 aromatic rings. The van der Waals surface area contributed by atoms with Crippen molar-refractivity contribution in [1.82, 2.24) is 4.90 Å². The number of carbonyl (C=O) groups is 2. The lowest BCUT2D eigenvalue weighted by Gasteiger charge is -2.29. The Bertz CT molecular complexity index is 590. The Morgan fingerprint density at radius 3 is 2.52 bits per heavy atom. The Morgan fingerprint density at radius 2 is 1.78 bits per heavy atom. The van der Waals surface area contributed by atoms with Crippen molar-refractivity contribution in [3.05, 3.63) is 34.9 Å². The van der Waals surface area contributed by atoms with Gasteiger partial charge in [0.15, 0.2) is 5.78 Å². The zero-order valence-corrected chi connectivity index (χ0v) is 13.6. The standard InChI is InChI=1S/C19H25NO3/c21-18(22)12-17(13-20-9-2-1-3-10-20)19(23)16-8-7-14-5-4-6-15(14)11-16/h7-8,11,17H,1-6,9-10,12-13H2,(H,21,22). The zero-order chi connectivity index (χ0) is 16.2. The maximum Gasteiger partial charge on any atom is 0.304 e. The second kappa shape index (κ2) is 7.26. The molecule has 0 radical (unpaired) electrons. The van der Waals surface area contributed by atoms with E-state index >= 15 is 0 Å². The first-order valence-corrected chi connectivity index (χ1v) is 8.73. The monoisotopic (exact) mass is 315 g/mol. The second-order valence-electron chi connectivity index (χ2n) is 6.86. The average Bonchev–Trinajstić information content (AvgIpc) is 3.01. The number of fused-ring (bicyclic) bond motifs is 1. The molecule has 1 aromatic carbocycles. The molecule has 3 rings (SSSR count). The smallest absolute Gasteiger partial charge is 0.304 e. The van der Waals surface area contributed by atoms with E-state index in [2.05, 4.69) is 4.90 Å². The highest BCUT2D eigenvalue weighted by Crippen LogP contribution is 2.25. The number of likely N-dealkylation sites (tertiary alicyclic amines) is 1. The Kier molecular flexibility index (Phi) is 5.11. The van der Waals surface area contributed by atoms with Crippen LogP contribution in [-0.2, 0) is 17.6 Å². The molecule has 1 unspecified atom stereocenters. The van der Waals surface area contributed by atoms with Crippen LogP contribution in [0.2, 0.25) is 0 Å². The normalized spacial score (nSPS) is 19.3. The number of Topliss-reactive ketones (excluding diaryl/α,β-unsaturated/α-hetero) is 1. The van der Waals surface area contributed by atoms with E-state index in [1.165, 1.54) is 17.5 Å². The van der Waals surface area contributed by atoms with E-state index in [0.717, 1.165) is 45.2 Å². The summed E-state index contributed by atoms with van der Waals surface area (Å²) in [6, 6.07) is 5.93. The van der Waals surface area contributed by atoms with E-state index in [0.29, 0.717) is 12.1 Å². The van der Waals surface area contributed by atoms with Gasteiger partial charge < -0.3 is 10.0 Å². The summed E-state index contributed by atoms with van der Waals surface area (Å²) in [6.45, 7) is 2.53. The van der Waals surface area contributed by atoms with Crippen LogP contribution in [0.3, 0.4) is 0 Å². The topological polar surface area (TPSA) is 57.6 Å². The summed E-state index contributed by atoms with van der Waals surface area (Å²) in [6.07, 6.45) is 6.73. The lowest BCUT2D eigenvalue weighted by Crippen LogP contribution is -2.37. The number of rotatable bonds is 6. The fraction of sp³-hybridized carbons (Fsp3) is 0.579. The first-order valence-electron chi connectivity index (χ1n) is 8.73. The fourth-order valence-electron chi connectivity index (χ4n) is 3.87. The molecule has 1 atom stereocenters. The molecule has 0 saturated carbocycles. The molecule has 2 aliphatic rings. The molecule has 0 spiro atoms. The summed E-state index contributed by atoms with van der Waals surface area (Å²) in [5, 5.41) is 9.19. The number of piperidine rings is 1. The number of aryl methyl sites for hydroxylation is 2. The number of ketones is 1. The van der Waals surface area contributed by atoms with Gasteiger partial charge >= 0.3 is 5.97 Å². The van der Waals surface area contributed by atoms with Crippen LogP contribution in [0.25, 0.3) is 0 Å². The zero-order valence-electron chi connectivity index (χ0n) is 13.6. The van der Waals surface area contributed by atoms with E-state index in [1.54, 1.807) is 0 Å². The van der Waals surface area contributed by atoms with Crippen LogP contribution in [0.15, 0.2) is 18.2 Å². The Labute approximate surface area is 137 Å². The number of carbonyl (C=O) groups excluding carboxylic acids is 1. The Balaban J connectivity index is 1.74. The van der Waals surface area contributed by atoms with Gasteiger partial charge in [0.2, 0.25) is 0 Å². The van der Waals surface area contributed by atoms with Gasteiger partial charge in [0.05, 0.1) is 6.42 Å². The van der Waals surface area contributed by atoms with Gasteiger partial charge in [0.1, 0.15) is 0 Å². The largest absolute Gasteiger partial charge is 0.481 e. The van der Waals surface area contributed by atoms with Crippen molar-refractivity contribution in [1.29, 1.82) is 0 Å². The lowest BCUT2D eigenvalue weighted by atomic mass is 9.91. The molecule has 1 aliphatic heterocycles. The molecule has 4 heteroatoms. The Hall–Kier alpha value is -1.68. The van der Waals surface area contributed by atoms with E-state index in [1.807, 2.05) is 18.2 Å². The third kappa shape index (κ3) is 3.99. The number of carboxylic acid groups (broad SMARTS) is 1. The van der Waals surface area contributed by atoms with Crippen LogP contribution in [-0.4, -0.2) is 41.4 Å². The highest BCUT2D eigenvalue weighted by Gasteiger charge is 2.27. The Morgan fingerprint density at radius 1 is 1.04 bits per heavy atom. The minimum atomic E-state index is -0.887. The number of nitrogens with zero attached hydrogens (tertiary/aromatic N) is 1. The van der Waals surface area contributed by atoms with Gasteiger partial charge in [-0.3, -0.25) is 9.59 Å². The van der Waals surface area contributed by atoms with Gasteiger partial charge in [-0.1, -0.05) is 18.6 Å². The summed E-state index contributed by atoms with van der Waals surface area (Å²) < 4.78 is 0. The number of carboxylic acids is 1. The summed E-state index contributed by atoms with van der Waals surface area (Å²) in [7, 11) is 0. The maximum absolute atomic E-state index is 12.9. The maximum atomic E-state index is 12.9. The summed E-state index contributed by atoms with van der Waals surface area (Å²) in [5.74, 6) is -1.33. The van der Waals surface area contributed by atoms with Gasteiger partial charge in [-0.15, -0.1) is 0 Å². The van der Waals surface area contributed by atoms with E-state index in [4.69, 9.17) is 0 Å². The molecule has 1 aliphatic carbocycles. The molecule has 1 heterocycles. The minimum Gasteiger partial charge on any atom is -0.481 e. The molecule has 0 bridgehead atoms. The predicted molar refractivity (Wildman–Crippen MR) is 88.8 cm³/mol. The quantitative estimate of drug-likeness (QED) is 0.820. The van der Waals surface area contributed by atoms with E-state index < -0.39 is 11.9 Å². The van der Waals surface area contributed by atoms with Crippen LogP contribution < -0.4 is 0 Å². The van der Waals surface area contributed by atoms with Crippen LogP contribution in [0.1, 0.15) is 53.6 Å². The van der Waals surface area contributed by atoms with E-state index in [9.17, 15) is 14.7 Å². The lowest BCUT2D eigenvalue weighted by molar-refractivity contribution is -0.137. The number of hydrogen-bond acceptors (Lipinski definition) is 3. The van der Waals surface area contributed by atoms with Crippen molar-refractivity contribution in [2.24, 2.45) is 5.92 Å². The number of aliphatic carboxylic acids is 1. The van der Waals surface area contributed by atoms with Crippen molar-refractivity contribution < 1.29 is 14.7 Å². The molecule has 124 valence electrons. The summed E-state index contributed by atoms with van der Waals surface area (Å²) >= 11 is 0. The van der Waals surface area contributed by atoms with Crippen molar-refractivity contribution in [2.45, 2.75) is 44.9 Å².